The molecule has 0 atom stereocenters. The fourth-order valence-corrected chi connectivity index (χ4v) is 22.8. The third-order valence-corrected chi connectivity index (χ3v) is 28.3. The average molecular weight is 1810 g/mol. The van der Waals surface area contributed by atoms with E-state index in [1.807, 2.05) is 140 Å². The number of anilines is 6. The van der Waals surface area contributed by atoms with E-state index in [-0.39, 0.29) is 0 Å². The van der Waals surface area contributed by atoms with Crippen molar-refractivity contribution >= 4 is 148 Å². The molecule has 130 heavy (non-hydrogen) atoms. The van der Waals surface area contributed by atoms with Crippen LogP contribution >= 0.6 is 0 Å². The summed E-state index contributed by atoms with van der Waals surface area (Å²) in [7, 11) is 0. The van der Waals surface area contributed by atoms with Crippen LogP contribution in [0.2, 0.25) is 0 Å². The summed E-state index contributed by atoms with van der Waals surface area (Å²) in [6.07, 6.45) is 8.48. The topological polar surface area (TPSA) is 121 Å². The van der Waals surface area contributed by atoms with E-state index in [9.17, 15) is 0 Å². The minimum absolute atomic E-state index is 0.328. The van der Waals surface area contributed by atoms with E-state index < -0.39 is 0 Å². The Bertz CT molecular complexity index is 7810. The smallest absolute Gasteiger partial charge is 0.174 e. The van der Waals surface area contributed by atoms with E-state index in [0.29, 0.717) is 51.7 Å². The van der Waals surface area contributed by atoms with E-state index in [0.717, 1.165) is 113 Å². The molecule has 0 amide bonds. The number of para-hydroxylation sites is 9. The number of furan rings is 8. The van der Waals surface area contributed by atoms with Crippen molar-refractivity contribution in [1.82, 2.24) is 9.13 Å². The Balaban J connectivity index is 0.0000000966. The van der Waals surface area contributed by atoms with E-state index in [2.05, 4.69) is 322 Å². The van der Waals surface area contributed by atoms with E-state index >= 15 is 0 Å². The Hall–Kier alpha value is -16.4. The Kier molecular flexibility index (Phi) is 21.9. The molecular formula is C116H78N4O8Se2. The number of hydrogen-bond donors (Lipinski definition) is 0. The van der Waals surface area contributed by atoms with Crippen molar-refractivity contribution < 1.29 is 35.3 Å². The normalized spacial score (nSPS) is 11.2. The van der Waals surface area contributed by atoms with Crippen molar-refractivity contribution in [2.45, 2.75) is 0 Å². The van der Waals surface area contributed by atoms with Crippen molar-refractivity contribution in [1.29, 1.82) is 0 Å². The Labute approximate surface area is 759 Å². The molecule has 12 nitrogen and oxygen atoms in total. The van der Waals surface area contributed by atoms with Gasteiger partial charge in [-0.25, -0.2) is 0 Å². The molecule has 14 aromatic carbocycles. The molecule has 0 bridgehead atoms. The Morgan fingerprint density at radius 1 is 0.185 bits per heavy atom. The van der Waals surface area contributed by atoms with Crippen LogP contribution in [-0.4, -0.2) is 38.1 Å². The van der Waals surface area contributed by atoms with Crippen LogP contribution in [0.1, 0.15) is 0 Å². The quantitative estimate of drug-likeness (QED) is 0.0917. The van der Waals surface area contributed by atoms with Crippen molar-refractivity contribution in [3.05, 3.63) is 474 Å². The summed E-state index contributed by atoms with van der Waals surface area (Å²) >= 11 is 0.656. The number of benzene rings is 14. The maximum Gasteiger partial charge on any atom is 0.174 e. The Morgan fingerprint density at radius 2 is 0.546 bits per heavy atom. The second-order valence-electron chi connectivity index (χ2n) is 31.0. The van der Waals surface area contributed by atoms with Gasteiger partial charge in [0.15, 0.2) is 22.7 Å². The molecule has 0 aliphatic rings. The summed E-state index contributed by atoms with van der Waals surface area (Å²) in [5, 5.41) is 7.40. The molecule has 26 rings (SSSR count). The predicted octanol–water partition coefficient (Wildman–Crippen LogP) is 32.7. The van der Waals surface area contributed by atoms with Gasteiger partial charge in [0.05, 0.1) is 47.1 Å². The summed E-state index contributed by atoms with van der Waals surface area (Å²) in [5.74, 6) is 5.75. The van der Waals surface area contributed by atoms with Gasteiger partial charge in [0.1, 0.15) is 34.2 Å². The molecule has 0 aliphatic carbocycles. The van der Waals surface area contributed by atoms with Gasteiger partial charge in [-0.05, 0) is 164 Å². The summed E-state index contributed by atoms with van der Waals surface area (Å²) in [6, 6.07) is 153. The number of aromatic nitrogens is 2. The van der Waals surface area contributed by atoms with Crippen molar-refractivity contribution in [2.24, 2.45) is 0 Å². The molecule has 12 heterocycles. The molecule has 0 aliphatic heterocycles. The molecule has 0 saturated carbocycles. The molecule has 0 radical (unpaired) electrons. The molecule has 0 fully saturated rings. The van der Waals surface area contributed by atoms with Crippen molar-refractivity contribution in [3.8, 4) is 88.4 Å². The maximum absolute atomic E-state index is 6.13. The number of nitrogens with zero attached hydrogens (tertiary/aromatic N) is 4. The zero-order valence-corrected chi connectivity index (χ0v) is 73.3. The monoisotopic (exact) mass is 1810 g/mol. The summed E-state index contributed by atoms with van der Waals surface area (Å²) in [4.78, 5) is 4.55. The molecule has 0 spiro atoms. The van der Waals surface area contributed by atoms with Gasteiger partial charge in [0, 0.05) is 95.1 Å². The summed E-state index contributed by atoms with van der Waals surface area (Å²) < 4.78 is 55.9. The minimum Gasteiger partial charge on any atom is -0.464 e. The standard InChI is InChI=1S/C28H19NO3.C28H19NOSe2.2C22H15NO.C16H10O2/c2*1-3-10-21(11-4-1)29(22-12-5-2-6-13-22)23-14-7-9-20(17-23)25-18-27-28(31-25)19-26(32-27)24-15-8-16-30-24;1-3-11-20-18(9-1)19-10-2-4-12-21(19)23(20)17-8-5-7-16(15-17)22-13-6-14-24-22;1-3-8-20-18(6-1)19-7-2-4-9-21(19)23(20)17-13-11-16(12-14-17)22-10-5-15-24-22;1-2-5-15-12(4-1)13-8-7-11(10-16(13)18-15)14-6-3-9-17-14/h2*1-19H;2*1-15H;1-10H. The zero-order chi connectivity index (χ0) is 86.5. The maximum atomic E-state index is 6.13. The van der Waals surface area contributed by atoms with Crippen LogP contribution in [-0.2, 0) is 0 Å². The molecular weight excluding hydrogens is 1740 g/mol. The largest absolute Gasteiger partial charge is 0.464 e. The first-order valence-corrected chi connectivity index (χ1v) is 46.2. The number of fused-ring (bicyclic) bond motifs is 11. The zero-order valence-electron chi connectivity index (χ0n) is 69.9. The SMILES string of the molecule is c1cc(-c2ccco2)cc(-n2c3ccccc3c3ccccc32)c1.c1ccc(N(c2ccccc2)c2cccc(-c3cc4[se]c(-c5ccco5)cc4[se]3)c2)cc1.c1ccc(N(c2ccccc2)c2cccc(-c3cc4oc(-c5ccco5)cc4o3)c2)cc1.c1coc(-c2ccc(-n3c4ccccc4c4ccccc43)cc2)c1.c1coc(-c2ccc3c(c2)oc2ccccc23)c1. The molecule has 0 N–H and O–H groups in total. The van der Waals surface area contributed by atoms with Gasteiger partial charge in [-0.1, -0.05) is 158 Å². The summed E-state index contributed by atoms with van der Waals surface area (Å²) in [6.45, 7) is 0. The van der Waals surface area contributed by atoms with Gasteiger partial charge in [-0.3, -0.25) is 0 Å². The van der Waals surface area contributed by atoms with E-state index in [4.69, 9.17) is 35.3 Å². The van der Waals surface area contributed by atoms with Crippen LogP contribution in [0.5, 0.6) is 0 Å². The van der Waals surface area contributed by atoms with Crippen molar-refractivity contribution in [2.75, 3.05) is 9.80 Å². The second-order valence-corrected chi connectivity index (χ2v) is 35.6. The molecule has 622 valence electrons. The molecule has 14 heteroatoms. The van der Waals surface area contributed by atoms with Crippen LogP contribution in [0, 0.1) is 0 Å². The molecule has 12 aromatic heterocycles. The van der Waals surface area contributed by atoms with Gasteiger partial charge in [-0.15, -0.1) is 0 Å². The van der Waals surface area contributed by atoms with Crippen LogP contribution in [0.25, 0.3) is 174 Å². The first kappa shape index (κ1) is 79.5. The molecule has 26 aromatic rings. The number of hydrogen-bond acceptors (Lipinski definition) is 10. The molecule has 0 saturated heterocycles. The fraction of sp³-hybridized carbons (Fsp3) is 0. The van der Waals surface area contributed by atoms with Gasteiger partial charge in [0.25, 0.3) is 0 Å². The van der Waals surface area contributed by atoms with Gasteiger partial charge in [0.2, 0.25) is 0 Å². The van der Waals surface area contributed by atoms with Crippen LogP contribution in [0.4, 0.5) is 34.1 Å². The first-order chi connectivity index (χ1) is 64.4. The van der Waals surface area contributed by atoms with Gasteiger partial charge >= 0.3 is 200 Å². The van der Waals surface area contributed by atoms with Crippen molar-refractivity contribution in [3.63, 3.8) is 0 Å². The van der Waals surface area contributed by atoms with Crippen LogP contribution in [0.15, 0.2) is 509 Å². The molecule has 0 unspecified atom stereocenters. The second kappa shape index (κ2) is 35.9. The van der Waals surface area contributed by atoms with Crippen LogP contribution < -0.4 is 9.80 Å². The number of rotatable bonds is 15. The van der Waals surface area contributed by atoms with Gasteiger partial charge in [-0.2, -0.15) is 0 Å². The fourth-order valence-electron chi connectivity index (χ4n) is 17.0. The van der Waals surface area contributed by atoms with Gasteiger partial charge < -0.3 is 45.0 Å². The third kappa shape index (κ3) is 16.2. The minimum atomic E-state index is 0.328. The third-order valence-electron chi connectivity index (χ3n) is 23.0. The summed E-state index contributed by atoms with van der Waals surface area (Å²) in [5.41, 5.74) is 22.6. The Morgan fingerprint density at radius 3 is 1.05 bits per heavy atom. The first-order valence-electron chi connectivity index (χ1n) is 42.8. The van der Waals surface area contributed by atoms with E-state index in [1.165, 1.54) is 72.3 Å². The predicted molar refractivity (Wildman–Crippen MR) is 530 cm³/mol. The van der Waals surface area contributed by atoms with E-state index in [1.54, 1.807) is 31.3 Å². The average Bonchev–Trinajstić information content (AvgIpc) is 1.64. The van der Waals surface area contributed by atoms with Crippen LogP contribution in [0.3, 0.4) is 0 Å².